The van der Waals surface area contributed by atoms with Gasteiger partial charge in [0.25, 0.3) is 5.91 Å². The normalized spacial score (nSPS) is 10.6. The lowest BCUT2D eigenvalue weighted by atomic mass is 10.1. The Kier molecular flexibility index (Phi) is 5.01. The molecule has 1 N–H and O–H groups in total. The molecule has 4 nitrogen and oxygen atoms in total. The van der Waals surface area contributed by atoms with E-state index in [9.17, 15) is 9.18 Å². The molecule has 0 unspecified atom stereocenters. The van der Waals surface area contributed by atoms with E-state index in [0.29, 0.717) is 22.7 Å². The molecule has 0 saturated heterocycles. The van der Waals surface area contributed by atoms with Crippen molar-refractivity contribution in [1.82, 2.24) is 9.97 Å². The summed E-state index contributed by atoms with van der Waals surface area (Å²) < 4.78 is 14.3. The van der Waals surface area contributed by atoms with Crippen LogP contribution in [0.5, 0.6) is 0 Å². The number of nitrogens with zero attached hydrogens (tertiary/aromatic N) is 2. The van der Waals surface area contributed by atoms with E-state index in [1.807, 2.05) is 6.07 Å². The Balaban J connectivity index is 1.69. The standard InChI is InChI=1S/C17H13BrFN3OS/c1-10-2-3-11(5-15(10)19)4-14-9-21-17(24-14)22-16(23)12-6-13(18)8-20-7-12/h2-3,5-9H,4H2,1H3,(H,21,22,23). The summed E-state index contributed by atoms with van der Waals surface area (Å²) in [6.07, 6.45) is 5.36. The van der Waals surface area contributed by atoms with Crippen LogP contribution in [-0.2, 0) is 6.42 Å². The van der Waals surface area contributed by atoms with Crippen LogP contribution in [0.4, 0.5) is 9.52 Å². The van der Waals surface area contributed by atoms with Crippen molar-refractivity contribution in [2.45, 2.75) is 13.3 Å². The van der Waals surface area contributed by atoms with Crippen LogP contribution >= 0.6 is 27.3 Å². The van der Waals surface area contributed by atoms with Crippen LogP contribution in [0.25, 0.3) is 0 Å². The number of benzene rings is 1. The summed E-state index contributed by atoms with van der Waals surface area (Å²) in [6, 6.07) is 6.87. The van der Waals surface area contributed by atoms with Gasteiger partial charge in [0.2, 0.25) is 0 Å². The summed E-state index contributed by atoms with van der Waals surface area (Å²) in [7, 11) is 0. The van der Waals surface area contributed by atoms with Gasteiger partial charge in [0, 0.05) is 34.4 Å². The fourth-order valence-electron chi connectivity index (χ4n) is 2.10. The summed E-state index contributed by atoms with van der Waals surface area (Å²) in [6.45, 7) is 1.73. The summed E-state index contributed by atoms with van der Waals surface area (Å²) in [5.74, 6) is -0.487. The first-order valence-electron chi connectivity index (χ1n) is 7.13. The third-order valence-corrected chi connectivity index (χ3v) is 4.70. The van der Waals surface area contributed by atoms with Gasteiger partial charge >= 0.3 is 0 Å². The maximum atomic E-state index is 13.6. The smallest absolute Gasteiger partial charge is 0.259 e. The van der Waals surface area contributed by atoms with E-state index in [4.69, 9.17) is 0 Å². The number of carbonyl (C=O) groups excluding carboxylic acids is 1. The molecule has 1 amide bonds. The third-order valence-electron chi connectivity index (χ3n) is 3.36. The van der Waals surface area contributed by atoms with Crippen molar-refractivity contribution in [2.24, 2.45) is 0 Å². The summed E-state index contributed by atoms with van der Waals surface area (Å²) in [5.41, 5.74) is 1.94. The van der Waals surface area contributed by atoms with Crippen molar-refractivity contribution in [3.63, 3.8) is 0 Å². The SMILES string of the molecule is Cc1ccc(Cc2cnc(NC(=O)c3cncc(Br)c3)s2)cc1F. The van der Waals surface area contributed by atoms with E-state index in [1.165, 1.54) is 23.6 Å². The molecule has 0 aliphatic heterocycles. The van der Waals surface area contributed by atoms with Crippen LogP contribution in [-0.4, -0.2) is 15.9 Å². The predicted molar refractivity (Wildman–Crippen MR) is 95.9 cm³/mol. The lowest BCUT2D eigenvalue weighted by Crippen LogP contribution is -2.11. The van der Waals surface area contributed by atoms with E-state index in [2.05, 4.69) is 31.2 Å². The number of pyridine rings is 1. The van der Waals surface area contributed by atoms with Crippen molar-refractivity contribution in [1.29, 1.82) is 0 Å². The van der Waals surface area contributed by atoms with Crippen LogP contribution in [0.15, 0.2) is 47.3 Å². The number of carbonyl (C=O) groups is 1. The van der Waals surface area contributed by atoms with Gasteiger partial charge in [-0.15, -0.1) is 11.3 Å². The molecule has 0 aliphatic carbocycles. The molecule has 3 aromatic rings. The van der Waals surface area contributed by atoms with Gasteiger partial charge in [0.05, 0.1) is 5.56 Å². The summed E-state index contributed by atoms with van der Waals surface area (Å²) in [5, 5.41) is 3.25. The minimum Gasteiger partial charge on any atom is -0.298 e. The van der Waals surface area contributed by atoms with Crippen LogP contribution in [0.3, 0.4) is 0 Å². The molecule has 3 rings (SSSR count). The molecule has 1 aromatic carbocycles. The Morgan fingerprint density at radius 3 is 2.88 bits per heavy atom. The predicted octanol–water partition coefficient (Wildman–Crippen LogP) is 4.59. The molecule has 7 heteroatoms. The van der Waals surface area contributed by atoms with Crippen molar-refractivity contribution in [2.75, 3.05) is 5.32 Å². The molecule has 0 aliphatic rings. The summed E-state index contributed by atoms with van der Waals surface area (Å²) >= 11 is 4.65. The van der Waals surface area contributed by atoms with E-state index in [-0.39, 0.29) is 11.7 Å². The van der Waals surface area contributed by atoms with Crippen LogP contribution in [0.1, 0.15) is 26.4 Å². The Hall–Kier alpha value is -2.12. The maximum absolute atomic E-state index is 13.6. The first-order valence-corrected chi connectivity index (χ1v) is 8.74. The number of rotatable bonds is 4. The van der Waals surface area contributed by atoms with E-state index in [0.717, 1.165) is 14.9 Å². The van der Waals surface area contributed by atoms with Gasteiger partial charge in [-0.25, -0.2) is 9.37 Å². The van der Waals surface area contributed by atoms with Gasteiger partial charge in [-0.3, -0.25) is 15.1 Å². The quantitative estimate of drug-likeness (QED) is 0.690. The molecule has 2 aromatic heterocycles. The van der Waals surface area contributed by atoms with Crippen LogP contribution in [0.2, 0.25) is 0 Å². The number of anilines is 1. The van der Waals surface area contributed by atoms with Crippen molar-refractivity contribution in [3.8, 4) is 0 Å². The van der Waals surface area contributed by atoms with Gasteiger partial charge in [0.15, 0.2) is 5.13 Å². The Labute approximate surface area is 150 Å². The highest BCUT2D eigenvalue weighted by Gasteiger charge is 2.10. The third kappa shape index (κ3) is 4.04. The Bertz CT molecular complexity index is 897. The second-order valence-corrected chi connectivity index (χ2v) is 7.27. The minimum absolute atomic E-state index is 0.215. The number of thiazole rings is 1. The highest BCUT2D eigenvalue weighted by molar-refractivity contribution is 9.10. The van der Waals surface area contributed by atoms with Crippen molar-refractivity contribution >= 4 is 38.3 Å². The second-order valence-electron chi connectivity index (χ2n) is 5.24. The second kappa shape index (κ2) is 7.19. The van der Waals surface area contributed by atoms with Gasteiger partial charge in [0.1, 0.15) is 5.82 Å². The number of aryl methyl sites for hydroxylation is 1. The number of aromatic nitrogens is 2. The van der Waals surface area contributed by atoms with Gasteiger partial charge in [-0.05, 0) is 46.1 Å². The monoisotopic (exact) mass is 405 g/mol. The molecule has 0 bridgehead atoms. The van der Waals surface area contributed by atoms with Crippen molar-refractivity contribution in [3.05, 3.63) is 74.7 Å². The lowest BCUT2D eigenvalue weighted by molar-refractivity contribution is 0.102. The van der Waals surface area contributed by atoms with E-state index >= 15 is 0 Å². The van der Waals surface area contributed by atoms with E-state index in [1.54, 1.807) is 31.5 Å². The zero-order valence-electron chi connectivity index (χ0n) is 12.7. The molecule has 0 fully saturated rings. The highest BCUT2D eigenvalue weighted by atomic mass is 79.9. The first-order chi connectivity index (χ1) is 11.5. The van der Waals surface area contributed by atoms with Crippen LogP contribution < -0.4 is 5.32 Å². The molecule has 0 saturated carbocycles. The first kappa shape index (κ1) is 16.7. The fraction of sp³-hybridized carbons (Fsp3) is 0.118. The molecule has 0 spiro atoms. The molecule has 0 radical (unpaired) electrons. The number of amides is 1. The number of halogens is 2. The molecule has 2 heterocycles. The zero-order chi connectivity index (χ0) is 17.1. The van der Waals surface area contributed by atoms with E-state index < -0.39 is 0 Å². The average Bonchev–Trinajstić information content (AvgIpc) is 2.98. The fourth-order valence-corrected chi connectivity index (χ4v) is 3.31. The lowest BCUT2D eigenvalue weighted by Gasteiger charge is -2.02. The molecule has 122 valence electrons. The minimum atomic E-state index is -0.272. The summed E-state index contributed by atoms with van der Waals surface area (Å²) in [4.78, 5) is 21.3. The number of nitrogens with one attached hydrogen (secondary N) is 1. The topological polar surface area (TPSA) is 54.9 Å². The zero-order valence-corrected chi connectivity index (χ0v) is 15.1. The van der Waals surface area contributed by atoms with Crippen molar-refractivity contribution < 1.29 is 9.18 Å². The molecular weight excluding hydrogens is 393 g/mol. The maximum Gasteiger partial charge on any atom is 0.259 e. The number of hydrogen-bond acceptors (Lipinski definition) is 4. The number of hydrogen-bond donors (Lipinski definition) is 1. The Morgan fingerprint density at radius 2 is 2.12 bits per heavy atom. The Morgan fingerprint density at radius 1 is 1.29 bits per heavy atom. The van der Waals surface area contributed by atoms with Gasteiger partial charge in [-0.1, -0.05) is 12.1 Å². The van der Waals surface area contributed by atoms with Crippen LogP contribution in [0, 0.1) is 12.7 Å². The molecule has 24 heavy (non-hydrogen) atoms. The highest BCUT2D eigenvalue weighted by Crippen LogP contribution is 2.23. The largest absolute Gasteiger partial charge is 0.298 e. The van der Waals surface area contributed by atoms with Gasteiger partial charge in [-0.2, -0.15) is 0 Å². The molecular formula is C17H13BrFN3OS. The van der Waals surface area contributed by atoms with Gasteiger partial charge < -0.3 is 0 Å². The average molecular weight is 406 g/mol. The molecule has 0 atom stereocenters.